The molecule has 0 saturated carbocycles. The molecular weight excluding hydrogens is 342 g/mol. The Kier molecular flexibility index (Phi) is 5.81. The Morgan fingerprint density at radius 2 is 2.00 bits per heavy atom. The molecule has 3 rings (SSSR count). The molecule has 0 aliphatic carbocycles. The van der Waals surface area contributed by atoms with Crippen molar-refractivity contribution in [1.29, 1.82) is 0 Å². The lowest BCUT2D eigenvalue weighted by molar-refractivity contribution is -0.121. The third kappa shape index (κ3) is 4.37. The van der Waals surface area contributed by atoms with E-state index in [1.807, 2.05) is 67.6 Å². The van der Waals surface area contributed by atoms with Gasteiger partial charge in [0.2, 0.25) is 0 Å². The monoisotopic (exact) mass is 361 g/mol. The smallest absolute Gasteiger partial charge is 0.267 e. The topological polar surface area (TPSA) is 45.6 Å². The zero-order valence-electron chi connectivity index (χ0n) is 14.5. The van der Waals surface area contributed by atoms with Crippen LogP contribution in [0.15, 0.2) is 88.9 Å². The first-order chi connectivity index (χ1) is 12.7. The second kappa shape index (κ2) is 8.45. The van der Waals surface area contributed by atoms with E-state index in [0.717, 1.165) is 11.1 Å². The zero-order chi connectivity index (χ0) is 18.4. The Balaban J connectivity index is 1.89. The van der Waals surface area contributed by atoms with Gasteiger partial charge < -0.3 is 0 Å². The lowest BCUT2D eigenvalue weighted by Crippen LogP contribution is -2.29. The van der Waals surface area contributed by atoms with Gasteiger partial charge in [-0.15, -0.1) is 6.58 Å². The van der Waals surface area contributed by atoms with Crippen LogP contribution in [0.3, 0.4) is 0 Å². The average molecular weight is 361 g/mol. The summed E-state index contributed by atoms with van der Waals surface area (Å²) in [6, 6.07) is 15.5. The van der Waals surface area contributed by atoms with Gasteiger partial charge in [0.05, 0.1) is 4.91 Å². The maximum absolute atomic E-state index is 12.7. The third-order valence-corrected chi connectivity index (χ3v) is 4.62. The number of aliphatic imine (C=N–C) groups is 1. The Labute approximate surface area is 157 Å². The third-order valence-electron chi connectivity index (χ3n) is 3.61. The fraction of sp³-hybridized carbons (Fsp3) is 0.0952. The lowest BCUT2D eigenvalue weighted by atomic mass is 10.1. The molecule has 2 aromatic rings. The highest BCUT2D eigenvalue weighted by Gasteiger charge is 2.32. The summed E-state index contributed by atoms with van der Waals surface area (Å²) in [4.78, 5) is 23.7. The number of amidine groups is 1. The molecule has 5 heteroatoms. The van der Waals surface area contributed by atoms with Gasteiger partial charge >= 0.3 is 0 Å². The zero-order valence-corrected chi connectivity index (χ0v) is 15.3. The molecule has 0 atom stereocenters. The number of nitrogens with zero attached hydrogens (tertiary/aromatic N) is 3. The van der Waals surface area contributed by atoms with E-state index in [0.29, 0.717) is 22.4 Å². The van der Waals surface area contributed by atoms with E-state index in [9.17, 15) is 4.79 Å². The number of pyridine rings is 1. The first kappa shape index (κ1) is 17.9. The van der Waals surface area contributed by atoms with E-state index >= 15 is 0 Å². The van der Waals surface area contributed by atoms with Crippen LogP contribution in [0, 0.1) is 0 Å². The van der Waals surface area contributed by atoms with Crippen LogP contribution >= 0.6 is 11.8 Å². The number of thioether (sulfide) groups is 1. The van der Waals surface area contributed by atoms with Crippen molar-refractivity contribution in [3.63, 3.8) is 0 Å². The van der Waals surface area contributed by atoms with Crippen molar-refractivity contribution < 1.29 is 4.79 Å². The standard InChI is InChI=1S/C21H19N3OS/c1-3-13-24-20(25)18(15-16(2)14-17-9-5-4-6-10-17)26-21(24)23-19-11-7-8-12-22-19/h3-12,14-15H,1,13H2,2H3/b16-14+,18-15-,23-21+. The van der Waals surface area contributed by atoms with Gasteiger partial charge in [-0.3, -0.25) is 9.69 Å². The van der Waals surface area contributed by atoms with Gasteiger partial charge in [0.15, 0.2) is 11.0 Å². The fourth-order valence-electron chi connectivity index (χ4n) is 2.46. The summed E-state index contributed by atoms with van der Waals surface area (Å²) in [5.74, 6) is 0.514. The van der Waals surface area contributed by atoms with Crippen molar-refractivity contribution in [2.45, 2.75) is 6.92 Å². The molecule has 1 aromatic heterocycles. The van der Waals surface area contributed by atoms with Gasteiger partial charge in [-0.1, -0.05) is 48.6 Å². The van der Waals surface area contributed by atoms with Gasteiger partial charge in [-0.05, 0) is 48.0 Å². The molecule has 1 aliphatic heterocycles. The number of hydrogen-bond acceptors (Lipinski definition) is 4. The summed E-state index contributed by atoms with van der Waals surface area (Å²) < 4.78 is 0. The molecule has 1 saturated heterocycles. The Hall–Kier alpha value is -2.92. The van der Waals surface area contributed by atoms with Crippen LogP contribution in [0.2, 0.25) is 0 Å². The van der Waals surface area contributed by atoms with Crippen LogP contribution in [0.5, 0.6) is 0 Å². The Bertz CT molecular complexity index is 886. The number of rotatable bonds is 5. The summed E-state index contributed by atoms with van der Waals surface area (Å²) in [7, 11) is 0. The summed E-state index contributed by atoms with van der Waals surface area (Å²) >= 11 is 1.36. The minimum Gasteiger partial charge on any atom is -0.282 e. The van der Waals surface area contributed by atoms with Crippen LogP contribution in [-0.4, -0.2) is 27.5 Å². The minimum atomic E-state index is -0.0645. The van der Waals surface area contributed by atoms with E-state index in [1.54, 1.807) is 17.2 Å². The van der Waals surface area contributed by atoms with E-state index < -0.39 is 0 Å². The lowest BCUT2D eigenvalue weighted by Gasteiger charge is -2.12. The van der Waals surface area contributed by atoms with Gasteiger partial charge in [0.25, 0.3) is 5.91 Å². The quantitative estimate of drug-likeness (QED) is 0.567. The van der Waals surface area contributed by atoms with Gasteiger partial charge in [-0.25, -0.2) is 9.98 Å². The van der Waals surface area contributed by atoms with Crippen LogP contribution in [0.4, 0.5) is 5.82 Å². The highest BCUT2D eigenvalue weighted by Crippen LogP contribution is 2.33. The number of hydrogen-bond donors (Lipinski definition) is 0. The van der Waals surface area contributed by atoms with Crippen LogP contribution < -0.4 is 0 Å². The molecule has 2 heterocycles. The maximum atomic E-state index is 12.7. The predicted molar refractivity (Wildman–Crippen MR) is 109 cm³/mol. The predicted octanol–water partition coefficient (Wildman–Crippen LogP) is 4.82. The van der Waals surface area contributed by atoms with Crippen molar-refractivity contribution in [3.8, 4) is 0 Å². The van der Waals surface area contributed by atoms with E-state index in [1.165, 1.54) is 11.8 Å². The number of carbonyl (C=O) groups excluding carboxylic acids is 1. The second-order valence-electron chi connectivity index (χ2n) is 5.70. The maximum Gasteiger partial charge on any atom is 0.267 e. The molecule has 0 bridgehead atoms. The molecule has 130 valence electrons. The largest absolute Gasteiger partial charge is 0.282 e. The van der Waals surface area contributed by atoms with E-state index in [2.05, 4.69) is 16.6 Å². The van der Waals surface area contributed by atoms with Gasteiger partial charge in [0, 0.05) is 12.7 Å². The molecule has 1 fully saturated rings. The summed E-state index contributed by atoms with van der Waals surface area (Å²) in [5, 5.41) is 0.618. The number of carbonyl (C=O) groups is 1. The molecule has 1 amide bonds. The molecule has 0 unspecified atom stereocenters. The summed E-state index contributed by atoms with van der Waals surface area (Å²) in [5.41, 5.74) is 2.10. The Morgan fingerprint density at radius 1 is 1.23 bits per heavy atom. The van der Waals surface area contributed by atoms with Gasteiger partial charge in [0.1, 0.15) is 0 Å². The van der Waals surface area contributed by atoms with E-state index in [-0.39, 0.29) is 5.91 Å². The Morgan fingerprint density at radius 3 is 2.69 bits per heavy atom. The molecule has 0 spiro atoms. The van der Waals surface area contributed by atoms with Crippen molar-refractivity contribution >= 4 is 34.7 Å². The van der Waals surface area contributed by atoms with Gasteiger partial charge in [-0.2, -0.15) is 0 Å². The number of amides is 1. The number of allylic oxidation sites excluding steroid dienone is 2. The normalized spacial score (nSPS) is 18.0. The number of aromatic nitrogens is 1. The summed E-state index contributed by atoms with van der Waals surface area (Å²) in [6.45, 7) is 6.14. The molecular formula is C21H19N3OS. The number of benzene rings is 1. The fourth-order valence-corrected chi connectivity index (χ4v) is 3.51. The molecule has 1 aromatic carbocycles. The molecule has 0 radical (unpaired) electrons. The van der Waals surface area contributed by atoms with Crippen molar-refractivity contribution in [2.24, 2.45) is 4.99 Å². The highest BCUT2D eigenvalue weighted by molar-refractivity contribution is 8.18. The first-order valence-electron chi connectivity index (χ1n) is 8.23. The van der Waals surface area contributed by atoms with Crippen LogP contribution in [0.1, 0.15) is 12.5 Å². The first-order valence-corrected chi connectivity index (χ1v) is 9.04. The minimum absolute atomic E-state index is 0.0645. The highest BCUT2D eigenvalue weighted by atomic mass is 32.2. The molecule has 1 aliphatic rings. The van der Waals surface area contributed by atoms with Crippen LogP contribution in [-0.2, 0) is 4.79 Å². The summed E-state index contributed by atoms with van der Waals surface area (Å²) in [6.07, 6.45) is 7.33. The molecule has 4 nitrogen and oxygen atoms in total. The van der Waals surface area contributed by atoms with Crippen molar-refractivity contribution in [2.75, 3.05) is 6.54 Å². The SMILES string of the molecule is C=CCN1C(=O)/C(=C/C(C)=C/c2ccccc2)S/C1=N/c1ccccn1. The molecule has 26 heavy (non-hydrogen) atoms. The average Bonchev–Trinajstić information content (AvgIpc) is 2.92. The van der Waals surface area contributed by atoms with Crippen LogP contribution in [0.25, 0.3) is 6.08 Å². The second-order valence-corrected chi connectivity index (χ2v) is 6.71. The van der Waals surface area contributed by atoms with Crippen molar-refractivity contribution in [1.82, 2.24) is 9.88 Å². The van der Waals surface area contributed by atoms with E-state index in [4.69, 9.17) is 0 Å². The van der Waals surface area contributed by atoms with Crippen molar-refractivity contribution in [3.05, 3.63) is 89.5 Å². The molecule has 0 N–H and O–H groups in total.